The second-order valence-corrected chi connectivity index (χ2v) is 6.14. The summed E-state index contributed by atoms with van der Waals surface area (Å²) in [5, 5.41) is 0. The van der Waals surface area contributed by atoms with Crippen LogP contribution in [0.5, 0.6) is 0 Å². The predicted octanol–water partition coefficient (Wildman–Crippen LogP) is 2.17. The summed E-state index contributed by atoms with van der Waals surface area (Å²) in [6, 6.07) is 0.601. The molecule has 0 radical (unpaired) electrons. The Morgan fingerprint density at radius 3 is 2.57 bits per heavy atom. The van der Waals surface area contributed by atoms with Crippen LogP contribution in [0.4, 0.5) is 0 Å². The Kier molecular flexibility index (Phi) is 2.12. The summed E-state index contributed by atoms with van der Waals surface area (Å²) in [7, 11) is 0. The van der Waals surface area contributed by atoms with Gasteiger partial charge in [-0.2, -0.15) is 0 Å². The molecule has 2 bridgehead atoms. The second kappa shape index (κ2) is 3.22. The minimum atomic E-state index is 0.113. The predicted molar refractivity (Wildman–Crippen MR) is 58.3 cm³/mol. The van der Waals surface area contributed by atoms with Gasteiger partial charge in [-0.3, -0.25) is 4.79 Å². The number of carbonyl (C=O) groups excluding carboxylic acids is 1. The number of hydrogen-bond acceptors (Lipinski definition) is 1. The third-order valence-electron chi connectivity index (χ3n) is 4.28. The van der Waals surface area contributed by atoms with Crippen LogP contribution in [0.15, 0.2) is 0 Å². The summed E-state index contributed by atoms with van der Waals surface area (Å²) >= 11 is 3.45. The molecule has 3 aliphatic rings. The van der Waals surface area contributed by atoms with Crippen LogP contribution < -0.4 is 0 Å². The van der Waals surface area contributed by atoms with E-state index in [1.165, 1.54) is 25.7 Å². The Labute approximate surface area is 93.2 Å². The minimum absolute atomic E-state index is 0.113. The molecule has 2 aliphatic carbocycles. The van der Waals surface area contributed by atoms with E-state index < -0.39 is 0 Å². The summed E-state index contributed by atoms with van der Waals surface area (Å²) in [4.78, 5) is 14.1. The van der Waals surface area contributed by atoms with Gasteiger partial charge in [-0.05, 0) is 37.5 Å². The maximum Gasteiger partial charge on any atom is 0.236 e. The van der Waals surface area contributed by atoms with Crippen molar-refractivity contribution in [2.75, 3.05) is 6.54 Å². The Morgan fingerprint density at radius 1 is 1.21 bits per heavy atom. The van der Waals surface area contributed by atoms with Crippen LogP contribution in [0, 0.1) is 11.8 Å². The van der Waals surface area contributed by atoms with Crippen LogP contribution in [-0.4, -0.2) is 28.2 Å². The molecule has 3 rings (SSSR count). The Balaban J connectivity index is 1.75. The topological polar surface area (TPSA) is 20.3 Å². The lowest BCUT2D eigenvalue weighted by Crippen LogP contribution is -2.40. The van der Waals surface area contributed by atoms with Gasteiger partial charge in [0.2, 0.25) is 5.91 Å². The van der Waals surface area contributed by atoms with Crippen molar-refractivity contribution in [1.82, 2.24) is 4.90 Å². The fourth-order valence-electron chi connectivity index (χ4n) is 3.59. The fourth-order valence-corrected chi connectivity index (χ4v) is 4.06. The molecule has 1 aliphatic heterocycles. The van der Waals surface area contributed by atoms with E-state index in [2.05, 4.69) is 20.8 Å². The second-order valence-electron chi connectivity index (χ2n) is 5.03. The SMILES string of the molecule is O=C1C(Br)CCN1C1CC2CCC1C2. The third kappa shape index (κ3) is 1.24. The smallest absolute Gasteiger partial charge is 0.236 e. The Hall–Kier alpha value is -0.0500. The monoisotopic (exact) mass is 257 g/mol. The summed E-state index contributed by atoms with van der Waals surface area (Å²) in [6.07, 6.45) is 6.47. The van der Waals surface area contributed by atoms with E-state index in [4.69, 9.17) is 0 Å². The Bertz CT molecular complexity index is 268. The average molecular weight is 258 g/mol. The molecular formula is C11H16BrNO. The summed E-state index contributed by atoms with van der Waals surface area (Å²) < 4.78 is 0. The number of alkyl halides is 1. The molecule has 0 aromatic rings. The van der Waals surface area contributed by atoms with E-state index >= 15 is 0 Å². The zero-order valence-corrected chi connectivity index (χ0v) is 9.87. The molecule has 3 fully saturated rings. The van der Waals surface area contributed by atoms with Crippen LogP contribution >= 0.6 is 15.9 Å². The van der Waals surface area contributed by atoms with Gasteiger partial charge in [-0.15, -0.1) is 0 Å². The summed E-state index contributed by atoms with van der Waals surface area (Å²) in [5.41, 5.74) is 0. The number of rotatable bonds is 1. The number of fused-ring (bicyclic) bond motifs is 2. The van der Waals surface area contributed by atoms with E-state index in [0.29, 0.717) is 11.9 Å². The van der Waals surface area contributed by atoms with E-state index in [-0.39, 0.29) is 4.83 Å². The van der Waals surface area contributed by atoms with Gasteiger partial charge in [0, 0.05) is 12.6 Å². The minimum Gasteiger partial charge on any atom is -0.338 e. The van der Waals surface area contributed by atoms with Crippen molar-refractivity contribution in [3.8, 4) is 0 Å². The normalized spacial score (nSPS) is 46.6. The van der Waals surface area contributed by atoms with Crippen molar-refractivity contribution in [3.63, 3.8) is 0 Å². The van der Waals surface area contributed by atoms with Crippen LogP contribution in [0.25, 0.3) is 0 Å². The Morgan fingerprint density at radius 2 is 2.07 bits per heavy atom. The number of hydrogen-bond donors (Lipinski definition) is 0. The first-order valence-electron chi connectivity index (χ1n) is 5.70. The van der Waals surface area contributed by atoms with Gasteiger partial charge in [0.15, 0.2) is 0 Å². The number of halogens is 1. The molecule has 0 aromatic carbocycles. The average Bonchev–Trinajstić information content (AvgIpc) is 2.84. The first kappa shape index (κ1) is 9.20. The maximum atomic E-state index is 11.8. The van der Waals surface area contributed by atoms with Crippen molar-refractivity contribution in [2.45, 2.75) is 43.0 Å². The van der Waals surface area contributed by atoms with Crippen molar-refractivity contribution >= 4 is 21.8 Å². The third-order valence-corrected chi connectivity index (χ3v) is 5.13. The maximum absolute atomic E-state index is 11.8. The molecule has 1 amide bonds. The van der Waals surface area contributed by atoms with Gasteiger partial charge < -0.3 is 4.90 Å². The molecule has 2 saturated carbocycles. The fraction of sp³-hybridized carbons (Fsp3) is 0.909. The summed E-state index contributed by atoms with van der Waals surface area (Å²) in [5.74, 6) is 2.12. The lowest BCUT2D eigenvalue weighted by atomic mass is 9.94. The first-order valence-corrected chi connectivity index (χ1v) is 6.62. The van der Waals surface area contributed by atoms with Crippen molar-refractivity contribution in [2.24, 2.45) is 11.8 Å². The molecule has 14 heavy (non-hydrogen) atoms. The van der Waals surface area contributed by atoms with Crippen LogP contribution in [0.1, 0.15) is 32.1 Å². The number of likely N-dealkylation sites (tertiary alicyclic amines) is 1. The molecule has 0 spiro atoms. The van der Waals surface area contributed by atoms with Gasteiger partial charge >= 0.3 is 0 Å². The summed E-state index contributed by atoms with van der Waals surface area (Å²) in [6.45, 7) is 0.989. The highest BCUT2D eigenvalue weighted by molar-refractivity contribution is 9.10. The highest BCUT2D eigenvalue weighted by Gasteiger charge is 2.46. The first-order chi connectivity index (χ1) is 6.75. The van der Waals surface area contributed by atoms with E-state index in [1.54, 1.807) is 0 Å². The molecule has 4 unspecified atom stereocenters. The molecule has 1 heterocycles. The van der Waals surface area contributed by atoms with E-state index in [1.807, 2.05) is 0 Å². The van der Waals surface area contributed by atoms with Gasteiger partial charge in [0.25, 0.3) is 0 Å². The molecule has 0 aromatic heterocycles. The number of amides is 1. The van der Waals surface area contributed by atoms with Gasteiger partial charge in [-0.25, -0.2) is 0 Å². The van der Waals surface area contributed by atoms with E-state index in [9.17, 15) is 4.79 Å². The molecular weight excluding hydrogens is 242 g/mol. The molecule has 78 valence electrons. The van der Waals surface area contributed by atoms with Crippen LogP contribution in [-0.2, 0) is 4.79 Å². The molecule has 0 N–H and O–H groups in total. The lowest BCUT2D eigenvalue weighted by molar-refractivity contribution is -0.130. The van der Waals surface area contributed by atoms with Crippen LogP contribution in [0.3, 0.4) is 0 Å². The molecule has 1 saturated heterocycles. The van der Waals surface area contributed by atoms with Gasteiger partial charge in [0.1, 0.15) is 0 Å². The standard InChI is InChI=1S/C11H16BrNO/c12-9-3-4-13(11(9)14)10-6-7-1-2-8(10)5-7/h7-10H,1-6H2. The highest BCUT2D eigenvalue weighted by Crippen LogP contribution is 2.47. The van der Waals surface area contributed by atoms with Crippen molar-refractivity contribution < 1.29 is 4.79 Å². The zero-order chi connectivity index (χ0) is 9.71. The number of carbonyl (C=O) groups is 1. The zero-order valence-electron chi connectivity index (χ0n) is 8.29. The molecule has 2 nitrogen and oxygen atoms in total. The van der Waals surface area contributed by atoms with Crippen LogP contribution in [0.2, 0.25) is 0 Å². The van der Waals surface area contributed by atoms with Gasteiger partial charge in [0.05, 0.1) is 4.83 Å². The largest absolute Gasteiger partial charge is 0.338 e. The molecule has 3 heteroatoms. The quantitative estimate of drug-likeness (QED) is 0.660. The van der Waals surface area contributed by atoms with E-state index in [0.717, 1.165) is 24.8 Å². The van der Waals surface area contributed by atoms with Gasteiger partial charge in [-0.1, -0.05) is 22.4 Å². The highest BCUT2D eigenvalue weighted by atomic mass is 79.9. The van der Waals surface area contributed by atoms with Crippen molar-refractivity contribution in [3.05, 3.63) is 0 Å². The number of nitrogens with zero attached hydrogens (tertiary/aromatic N) is 1. The van der Waals surface area contributed by atoms with Crippen molar-refractivity contribution in [1.29, 1.82) is 0 Å². The lowest BCUT2D eigenvalue weighted by Gasteiger charge is -2.31. The molecule has 4 atom stereocenters.